The van der Waals surface area contributed by atoms with Crippen molar-refractivity contribution in [2.24, 2.45) is 0 Å². The van der Waals surface area contributed by atoms with Gasteiger partial charge in [0.1, 0.15) is 0 Å². The molecule has 3 rings (SSSR count). The van der Waals surface area contributed by atoms with E-state index in [9.17, 15) is 0 Å². The Balaban J connectivity index is 1.77. The largest absolute Gasteiger partial charge is 0.118 e. The van der Waals surface area contributed by atoms with Crippen molar-refractivity contribution in [1.82, 2.24) is 0 Å². The monoisotopic (exact) mass is 458 g/mol. The molecule has 0 radical (unpaired) electrons. The lowest BCUT2D eigenvalue weighted by Gasteiger charge is -2.23. The van der Waals surface area contributed by atoms with E-state index in [-0.39, 0.29) is 13.0 Å². The lowest BCUT2D eigenvalue weighted by Crippen LogP contribution is -2.04. The van der Waals surface area contributed by atoms with Crippen molar-refractivity contribution in [2.45, 2.75) is 57.5 Å². The van der Waals surface area contributed by atoms with Crippen LogP contribution in [-0.4, -0.2) is 17.4 Å². The topological polar surface area (TPSA) is 0 Å². The molecule has 1 unspecified atom stereocenters. The summed E-state index contributed by atoms with van der Waals surface area (Å²) >= 11 is 13.8. The number of hydrogen-bond donors (Lipinski definition) is 0. The fraction of sp³-hybridized carbons (Fsp3) is 0.407. The minimum absolute atomic E-state index is 0.105. The summed E-state index contributed by atoms with van der Waals surface area (Å²) in [6, 6.07) is 19.2. The first kappa shape index (κ1) is 23.6. The number of allylic oxidation sites excluding steroid dienone is 3. The van der Waals surface area contributed by atoms with Crippen molar-refractivity contribution in [3.63, 3.8) is 0 Å². The normalized spacial score (nSPS) is 15.8. The van der Waals surface area contributed by atoms with Crippen LogP contribution in [0.4, 0.5) is 0 Å². The van der Waals surface area contributed by atoms with Gasteiger partial charge >= 0.3 is 0 Å². The molecule has 3 heteroatoms. The minimum Gasteiger partial charge on any atom is -0.118 e. The van der Waals surface area contributed by atoms with Gasteiger partial charge in [-0.15, -0.1) is 11.6 Å². The van der Waals surface area contributed by atoms with E-state index in [1.54, 1.807) is 0 Å². The van der Waals surface area contributed by atoms with E-state index < -0.39 is 0 Å². The van der Waals surface area contributed by atoms with Gasteiger partial charge in [-0.1, -0.05) is 101 Å². The summed E-state index contributed by atoms with van der Waals surface area (Å²) in [5.41, 5.74) is 6.18. The summed E-state index contributed by atoms with van der Waals surface area (Å²) in [7, 11) is -0.105. The zero-order valence-corrected chi connectivity index (χ0v) is 20.6. The van der Waals surface area contributed by atoms with Crippen LogP contribution in [0.3, 0.4) is 0 Å². The van der Waals surface area contributed by atoms with Gasteiger partial charge in [-0.2, -0.15) is 0 Å². The fourth-order valence-electron chi connectivity index (χ4n) is 4.01. The fourth-order valence-corrected chi connectivity index (χ4v) is 7.69. The van der Waals surface area contributed by atoms with Crippen molar-refractivity contribution >= 4 is 42.3 Å². The van der Waals surface area contributed by atoms with Crippen molar-refractivity contribution in [2.75, 3.05) is 12.3 Å². The van der Waals surface area contributed by atoms with Crippen molar-refractivity contribution in [3.05, 3.63) is 82.4 Å². The highest BCUT2D eigenvalue weighted by atomic mass is 35.5. The van der Waals surface area contributed by atoms with Crippen LogP contribution in [0, 0.1) is 0 Å². The van der Waals surface area contributed by atoms with E-state index >= 15 is 0 Å². The first-order valence-electron chi connectivity index (χ1n) is 11.3. The SMILES string of the molecule is CCCCP(CCCC)C(Cl)CCC(Cl)=C1C=C(c2ccccc2)c2ccccc21. The first-order valence-corrected chi connectivity index (χ1v) is 13.9. The average molecular weight is 459 g/mol. The summed E-state index contributed by atoms with van der Waals surface area (Å²) in [6.07, 6.45) is 11.8. The second kappa shape index (κ2) is 12.1. The first-order chi connectivity index (χ1) is 14.7. The number of unbranched alkanes of at least 4 members (excludes halogenated alkanes) is 2. The Kier molecular flexibility index (Phi) is 9.51. The van der Waals surface area contributed by atoms with Crippen LogP contribution in [0.5, 0.6) is 0 Å². The maximum atomic E-state index is 6.93. The van der Waals surface area contributed by atoms with Gasteiger partial charge in [0.05, 0.1) is 5.12 Å². The summed E-state index contributed by atoms with van der Waals surface area (Å²) in [5.74, 6) is 0. The van der Waals surface area contributed by atoms with Gasteiger partial charge in [0, 0.05) is 5.03 Å². The quantitative estimate of drug-likeness (QED) is 0.232. The van der Waals surface area contributed by atoms with E-state index in [4.69, 9.17) is 23.2 Å². The molecule has 0 spiro atoms. The molecule has 0 nitrogen and oxygen atoms in total. The second-order valence-corrected chi connectivity index (χ2v) is 12.0. The summed E-state index contributed by atoms with van der Waals surface area (Å²) in [6.45, 7) is 4.54. The molecule has 0 saturated carbocycles. The molecule has 1 aliphatic carbocycles. The van der Waals surface area contributed by atoms with Crippen LogP contribution < -0.4 is 0 Å². The third-order valence-electron chi connectivity index (χ3n) is 5.77. The molecule has 0 aliphatic heterocycles. The molecule has 0 fully saturated rings. The maximum absolute atomic E-state index is 6.93. The molecule has 0 amide bonds. The molecular weight excluding hydrogens is 426 g/mol. The highest BCUT2D eigenvalue weighted by Gasteiger charge is 2.23. The van der Waals surface area contributed by atoms with Gasteiger partial charge in [0.15, 0.2) is 0 Å². The van der Waals surface area contributed by atoms with Crippen LogP contribution in [0.15, 0.2) is 65.7 Å². The van der Waals surface area contributed by atoms with Gasteiger partial charge in [-0.05, 0) is 71.9 Å². The van der Waals surface area contributed by atoms with E-state index in [1.807, 2.05) is 0 Å². The Bertz CT molecular complexity index is 861. The number of benzene rings is 2. The standard InChI is InChI=1S/C27H33Cl2P/c1-3-5-18-30(19-6-4-2)27(29)17-16-26(28)25-20-24(21-12-8-7-9-13-21)22-14-10-11-15-23(22)25/h7-15,20,27H,3-6,16-19H2,1-2H3. The van der Waals surface area contributed by atoms with Crippen LogP contribution in [0.2, 0.25) is 0 Å². The highest BCUT2D eigenvalue weighted by Crippen LogP contribution is 2.48. The van der Waals surface area contributed by atoms with Crippen LogP contribution >= 0.6 is 31.1 Å². The Morgan fingerprint density at radius 1 is 0.867 bits per heavy atom. The minimum atomic E-state index is -0.105. The van der Waals surface area contributed by atoms with Crippen LogP contribution in [0.1, 0.15) is 69.1 Å². The zero-order valence-electron chi connectivity index (χ0n) is 18.2. The number of alkyl halides is 1. The van der Waals surface area contributed by atoms with Gasteiger partial charge in [-0.25, -0.2) is 0 Å². The number of halogens is 2. The van der Waals surface area contributed by atoms with E-state index in [0.29, 0.717) is 0 Å². The molecular formula is C27H33Cl2P. The lowest BCUT2D eigenvalue weighted by molar-refractivity contribution is 0.846. The maximum Gasteiger partial charge on any atom is 0.0536 e. The Morgan fingerprint density at radius 3 is 2.10 bits per heavy atom. The summed E-state index contributed by atoms with van der Waals surface area (Å²) < 4.78 is 0. The zero-order chi connectivity index (χ0) is 21.3. The van der Waals surface area contributed by atoms with Gasteiger partial charge in [0.2, 0.25) is 0 Å². The molecule has 0 bridgehead atoms. The number of fused-ring (bicyclic) bond motifs is 1. The lowest BCUT2D eigenvalue weighted by atomic mass is 9.99. The van der Waals surface area contributed by atoms with Gasteiger partial charge in [0.25, 0.3) is 0 Å². The summed E-state index contributed by atoms with van der Waals surface area (Å²) in [5, 5.41) is 1.21. The molecule has 0 N–H and O–H groups in total. The predicted octanol–water partition coefficient (Wildman–Crippen LogP) is 9.51. The average Bonchev–Trinajstić information content (AvgIpc) is 3.18. The predicted molar refractivity (Wildman–Crippen MR) is 138 cm³/mol. The van der Waals surface area contributed by atoms with Gasteiger partial charge < -0.3 is 0 Å². The van der Waals surface area contributed by atoms with Crippen molar-refractivity contribution in [3.8, 4) is 0 Å². The molecule has 1 atom stereocenters. The number of rotatable bonds is 11. The molecule has 30 heavy (non-hydrogen) atoms. The van der Waals surface area contributed by atoms with Crippen molar-refractivity contribution < 1.29 is 0 Å². The molecule has 0 aromatic heterocycles. The van der Waals surface area contributed by atoms with E-state index in [0.717, 1.165) is 17.9 Å². The highest BCUT2D eigenvalue weighted by molar-refractivity contribution is 7.60. The second-order valence-electron chi connectivity index (χ2n) is 8.00. The molecule has 2 aromatic rings. The molecule has 1 aliphatic rings. The van der Waals surface area contributed by atoms with Crippen molar-refractivity contribution in [1.29, 1.82) is 0 Å². The third-order valence-corrected chi connectivity index (χ3v) is 10.0. The Morgan fingerprint density at radius 2 is 1.47 bits per heavy atom. The molecule has 2 aromatic carbocycles. The van der Waals surface area contributed by atoms with E-state index in [2.05, 4.69) is 74.5 Å². The Hall–Kier alpha value is -1.07. The molecule has 0 saturated heterocycles. The smallest absolute Gasteiger partial charge is 0.0536 e. The van der Waals surface area contributed by atoms with E-state index in [1.165, 1.54) is 65.8 Å². The van der Waals surface area contributed by atoms with Crippen LogP contribution in [0.25, 0.3) is 11.1 Å². The Labute approximate surface area is 194 Å². The molecule has 0 heterocycles. The molecule has 160 valence electrons. The van der Waals surface area contributed by atoms with Crippen LogP contribution in [-0.2, 0) is 0 Å². The van der Waals surface area contributed by atoms with Gasteiger partial charge in [-0.3, -0.25) is 0 Å². The summed E-state index contributed by atoms with van der Waals surface area (Å²) in [4.78, 5) is 0. The third kappa shape index (κ3) is 6.00. The number of hydrogen-bond acceptors (Lipinski definition) is 0.